The molecular weight excluding hydrogens is 357 g/mol. The molecule has 3 rings (SSSR count). The van der Waals surface area contributed by atoms with Gasteiger partial charge < -0.3 is 4.57 Å². The van der Waals surface area contributed by atoms with E-state index in [-0.39, 0.29) is 24.7 Å². The van der Waals surface area contributed by atoms with Gasteiger partial charge in [-0.1, -0.05) is 36.4 Å². The fourth-order valence-electron chi connectivity index (χ4n) is 2.90. The van der Waals surface area contributed by atoms with Crippen LogP contribution in [0.2, 0.25) is 0 Å². The fourth-order valence-corrected chi connectivity index (χ4v) is 4.29. The van der Waals surface area contributed by atoms with Gasteiger partial charge in [0.05, 0.1) is 5.75 Å². The molecule has 0 aliphatic carbocycles. The Bertz CT molecular complexity index is 878. The molecule has 0 saturated carbocycles. The van der Waals surface area contributed by atoms with Gasteiger partial charge in [0.1, 0.15) is 6.04 Å². The Hall–Kier alpha value is -2.20. The zero-order valence-electron chi connectivity index (χ0n) is 13.0. The highest BCUT2D eigenvalue weighted by atomic mass is 32.2. The molecule has 0 spiro atoms. The first kappa shape index (κ1) is 17.6. The molecule has 10 heteroatoms. The van der Waals surface area contributed by atoms with Gasteiger partial charge in [-0.15, -0.1) is 16.8 Å². The summed E-state index contributed by atoms with van der Waals surface area (Å²) in [5.41, 5.74) is 0.525. The minimum Gasteiger partial charge on any atom is -0.304 e. The summed E-state index contributed by atoms with van der Waals surface area (Å²) in [5.74, 6) is -1.47. The first-order chi connectivity index (χ1) is 11.8. The zero-order chi connectivity index (χ0) is 18.2. The maximum absolute atomic E-state index is 13.1. The van der Waals surface area contributed by atoms with Crippen LogP contribution in [0.3, 0.4) is 0 Å². The van der Waals surface area contributed by atoms with E-state index in [0.717, 1.165) is 8.87 Å². The molecule has 1 aromatic heterocycles. The quantitative estimate of drug-likeness (QED) is 0.772. The summed E-state index contributed by atoms with van der Waals surface area (Å²) in [4.78, 5) is 0. The van der Waals surface area contributed by atoms with E-state index in [2.05, 4.69) is 16.8 Å². The Balaban J connectivity index is 2.16. The molecule has 1 aliphatic rings. The van der Waals surface area contributed by atoms with E-state index in [1.165, 1.54) is 6.08 Å². The van der Waals surface area contributed by atoms with Crippen molar-refractivity contribution in [3.05, 3.63) is 60.2 Å². The fraction of sp³-hybridized carbons (Fsp3) is 0.333. The normalized spacial score (nSPS) is 18.8. The molecule has 2 aromatic rings. The lowest BCUT2D eigenvalue weighted by molar-refractivity contribution is -0.147. The van der Waals surface area contributed by atoms with Crippen LogP contribution in [0.4, 0.5) is 13.2 Å². The van der Waals surface area contributed by atoms with Gasteiger partial charge >= 0.3 is 6.18 Å². The third-order valence-corrected chi connectivity index (χ3v) is 5.68. The second-order valence-corrected chi connectivity index (χ2v) is 7.49. The Morgan fingerprint density at radius 2 is 1.88 bits per heavy atom. The molecule has 6 nitrogen and oxygen atoms in total. The Morgan fingerprint density at radius 1 is 1.20 bits per heavy atom. The predicted molar refractivity (Wildman–Crippen MR) is 84.0 cm³/mol. The lowest BCUT2D eigenvalue weighted by Crippen LogP contribution is -2.44. The van der Waals surface area contributed by atoms with E-state index in [0.29, 0.717) is 5.56 Å². The van der Waals surface area contributed by atoms with Gasteiger partial charge in [0.25, 0.3) is 0 Å². The molecule has 0 saturated heterocycles. The van der Waals surface area contributed by atoms with Gasteiger partial charge in [0.2, 0.25) is 15.8 Å². The summed E-state index contributed by atoms with van der Waals surface area (Å²) < 4.78 is 66.6. The second-order valence-electron chi connectivity index (χ2n) is 5.52. The Morgan fingerprint density at radius 3 is 2.48 bits per heavy atom. The maximum Gasteiger partial charge on any atom is 0.451 e. The van der Waals surface area contributed by atoms with Gasteiger partial charge in [-0.2, -0.15) is 17.5 Å². The monoisotopic (exact) mass is 372 g/mol. The van der Waals surface area contributed by atoms with Gasteiger partial charge in [0.15, 0.2) is 5.82 Å². The van der Waals surface area contributed by atoms with Crippen molar-refractivity contribution in [3.63, 3.8) is 0 Å². The van der Waals surface area contributed by atoms with Crippen LogP contribution in [0.1, 0.15) is 23.3 Å². The van der Waals surface area contributed by atoms with E-state index in [1.807, 2.05) is 0 Å². The lowest BCUT2D eigenvalue weighted by atomic mass is 10.0. The third-order valence-electron chi connectivity index (χ3n) is 3.91. The zero-order valence-corrected chi connectivity index (χ0v) is 13.8. The summed E-state index contributed by atoms with van der Waals surface area (Å²) >= 11 is 0. The SMILES string of the molecule is C=CCS(=O)(=O)N1CCn2c(nnc2C(F)(F)F)C1c1ccccc1. The second kappa shape index (κ2) is 6.26. The van der Waals surface area contributed by atoms with Crippen LogP contribution in [0, 0.1) is 0 Å². The largest absolute Gasteiger partial charge is 0.451 e. The molecule has 25 heavy (non-hydrogen) atoms. The first-order valence-electron chi connectivity index (χ1n) is 7.41. The summed E-state index contributed by atoms with van der Waals surface area (Å²) in [6.45, 7) is 3.15. The molecule has 0 fully saturated rings. The molecule has 0 radical (unpaired) electrons. The maximum atomic E-state index is 13.1. The average molecular weight is 372 g/mol. The van der Waals surface area contributed by atoms with Gasteiger partial charge in [-0.25, -0.2) is 8.42 Å². The number of rotatable bonds is 4. The number of sulfonamides is 1. The first-order valence-corrected chi connectivity index (χ1v) is 9.02. The molecule has 1 aromatic carbocycles. The highest BCUT2D eigenvalue weighted by molar-refractivity contribution is 7.89. The summed E-state index contributed by atoms with van der Waals surface area (Å²) in [5, 5.41) is 6.92. The number of hydrogen-bond acceptors (Lipinski definition) is 4. The molecular formula is C15H15F3N4O2S. The van der Waals surface area contributed by atoms with Gasteiger partial charge in [-0.3, -0.25) is 0 Å². The highest BCUT2D eigenvalue weighted by Gasteiger charge is 2.44. The number of aromatic nitrogens is 3. The van der Waals surface area contributed by atoms with E-state index < -0.39 is 28.1 Å². The van der Waals surface area contributed by atoms with Crippen molar-refractivity contribution < 1.29 is 21.6 Å². The van der Waals surface area contributed by atoms with E-state index in [4.69, 9.17) is 0 Å². The molecule has 1 atom stereocenters. The minimum absolute atomic E-state index is 0.0441. The number of benzene rings is 1. The van der Waals surface area contributed by atoms with Crippen LogP contribution < -0.4 is 0 Å². The van der Waals surface area contributed by atoms with Crippen LogP contribution in [0.5, 0.6) is 0 Å². The highest BCUT2D eigenvalue weighted by Crippen LogP contribution is 2.37. The van der Waals surface area contributed by atoms with Crippen molar-refractivity contribution in [1.29, 1.82) is 0 Å². The van der Waals surface area contributed by atoms with Crippen molar-refractivity contribution in [1.82, 2.24) is 19.1 Å². The summed E-state index contributed by atoms with van der Waals surface area (Å²) in [6.07, 6.45) is -3.41. The lowest BCUT2D eigenvalue weighted by Gasteiger charge is -2.35. The Kier molecular flexibility index (Phi) is 4.41. The molecule has 1 unspecified atom stereocenters. The standard InChI is InChI=1S/C15H15F3N4O2S/c1-2-10-25(23,24)22-9-8-21-13(19-20-14(21)15(16,17)18)12(22)11-6-4-3-5-7-11/h2-7,12H,1,8-10H2. The van der Waals surface area contributed by atoms with Crippen molar-refractivity contribution in [2.75, 3.05) is 12.3 Å². The molecule has 0 N–H and O–H groups in total. The van der Waals surface area contributed by atoms with Crippen LogP contribution in [0.25, 0.3) is 0 Å². The summed E-state index contributed by atoms with van der Waals surface area (Å²) in [6, 6.07) is 7.45. The van der Waals surface area contributed by atoms with E-state index >= 15 is 0 Å². The van der Waals surface area contributed by atoms with Crippen LogP contribution >= 0.6 is 0 Å². The van der Waals surface area contributed by atoms with Crippen LogP contribution in [-0.2, 0) is 22.7 Å². The molecule has 1 aliphatic heterocycles. The topological polar surface area (TPSA) is 68.1 Å². The number of halogens is 3. The number of fused-ring (bicyclic) bond motifs is 1. The van der Waals surface area contributed by atoms with Crippen molar-refractivity contribution in [2.24, 2.45) is 0 Å². The van der Waals surface area contributed by atoms with Crippen LogP contribution in [-0.4, -0.2) is 39.8 Å². The molecule has 2 heterocycles. The van der Waals surface area contributed by atoms with Crippen molar-refractivity contribution >= 4 is 10.0 Å². The number of hydrogen-bond donors (Lipinski definition) is 0. The number of nitrogens with zero attached hydrogens (tertiary/aromatic N) is 4. The molecule has 0 amide bonds. The smallest absolute Gasteiger partial charge is 0.304 e. The minimum atomic E-state index is -4.66. The van der Waals surface area contributed by atoms with Crippen LogP contribution in [0.15, 0.2) is 43.0 Å². The average Bonchev–Trinajstić information content (AvgIpc) is 2.99. The third kappa shape index (κ3) is 3.19. The number of alkyl halides is 3. The van der Waals surface area contributed by atoms with E-state index in [1.54, 1.807) is 30.3 Å². The van der Waals surface area contributed by atoms with Crippen molar-refractivity contribution in [2.45, 2.75) is 18.8 Å². The van der Waals surface area contributed by atoms with Gasteiger partial charge in [0, 0.05) is 13.1 Å². The molecule has 0 bridgehead atoms. The van der Waals surface area contributed by atoms with Gasteiger partial charge in [-0.05, 0) is 5.56 Å². The Labute approximate surface area is 142 Å². The predicted octanol–water partition coefficient (Wildman–Crippen LogP) is 2.22. The van der Waals surface area contributed by atoms with E-state index in [9.17, 15) is 21.6 Å². The molecule has 134 valence electrons. The van der Waals surface area contributed by atoms with Crippen molar-refractivity contribution in [3.8, 4) is 0 Å². The summed E-state index contributed by atoms with van der Waals surface area (Å²) in [7, 11) is -3.75.